The molecule has 3 nitrogen and oxygen atoms in total. The first kappa shape index (κ1) is 20.3. The van der Waals surface area contributed by atoms with E-state index in [0.29, 0.717) is 5.56 Å². The Balaban J connectivity index is 1.50. The molecule has 0 N–H and O–H groups in total. The largest absolute Gasteiger partial charge is 0.305 e. The van der Waals surface area contributed by atoms with Gasteiger partial charge < -0.3 is 4.90 Å². The van der Waals surface area contributed by atoms with Crippen molar-refractivity contribution in [2.45, 2.75) is 32.4 Å². The van der Waals surface area contributed by atoms with Crippen LogP contribution in [-0.4, -0.2) is 29.9 Å². The first-order valence-corrected chi connectivity index (χ1v) is 10.5. The van der Waals surface area contributed by atoms with Crippen LogP contribution in [0, 0.1) is 12.7 Å². The normalized spacial score (nSPS) is 15.1. The summed E-state index contributed by atoms with van der Waals surface area (Å²) in [6.07, 6.45) is 1.82. The molecule has 0 aromatic heterocycles. The maximum atomic E-state index is 13.4. The Hall–Kier alpha value is -2.98. The van der Waals surface area contributed by atoms with Crippen molar-refractivity contribution in [2.24, 2.45) is 0 Å². The molecule has 4 heteroatoms. The highest BCUT2D eigenvalue weighted by molar-refractivity contribution is 6.06. The molecule has 1 fully saturated rings. The summed E-state index contributed by atoms with van der Waals surface area (Å²) in [5, 5.41) is 0. The number of hydrogen-bond acceptors (Lipinski definition) is 2. The molecular formula is C26H27FN2O. The number of aryl methyl sites for hydroxylation is 1. The summed E-state index contributed by atoms with van der Waals surface area (Å²) >= 11 is 0. The van der Waals surface area contributed by atoms with E-state index in [0.717, 1.165) is 49.3 Å². The van der Waals surface area contributed by atoms with Gasteiger partial charge in [-0.1, -0.05) is 42.5 Å². The summed E-state index contributed by atoms with van der Waals surface area (Å²) in [4.78, 5) is 17.8. The van der Waals surface area contributed by atoms with E-state index >= 15 is 0 Å². The molecule has 0 spiro atoms. The molecule has 0 unspecified atom stereocenters. The standard InChI is InChI=1S/C26H27FN2O/c1-20-6-5-9-25(18-20)29(26(30)22-7-3-2-4-8-22)24-14-16-28(17-15-24)19-21-10-12-23(27)13-11-21/h2-13,18,24H,14-17,19H2,1H3. The van der Waals surface area contributed by atoms with E-state index in [1.54, 1.807) is 0 Å². The third-order valence-electron chi connectivity index (χ3n) is 5.76. The van der Waals surface area contributed by atoms with Crippen molar-refractivity contribution < 1.29 is 9.18 Å². The van der Waals surface area contributed by atoms with Crippen LogP contribution >= 0.6 is 0 Å². The maximum absolute atomic E-state index is 13.4. The van der Waals surface area contributed by atoms with E-state index in [4.69, 9.17) is 0 Å². The smallest absolute Gasteiger partial charge is 0.258 e. The number of benzene rings is 3. The number of anilines is 1. The second-order valence-electron chi connectivity index (χ2n) is 8.01. The highest BCUT2D eigenvalue weighted by Crippen LogP contribution is 2.27. The van der Waals surface area contributed by atoms with Crippen LogP contribution in [0.5, 0.6) is 0 Å². The van der Waals surface area contributed by atoms with Crippen LogP contribution < -0.4 is 4.90 Å². The quantitative estimate of drug-likeness (QED) is 0.567. The molecule has 1 saturated heterocycles. The van der Waals surface area contributed by atoms with Gasteiger partial charge in [-0.15, -0.1) is 0 Å². The molecule has 3 aromatic carbocycles. The maximum Gasteiger partial charge on any atom is 0.258 e. The van der Waals surface area contributed by atoms with Gasteiger partial charge in [-0.2, -0.15) is 0 Å². The predicted molar refractivity (Wildman–Crippen MR) is 119 cm³/mol. The third-order valence-corrected chi connectivity index (χ3v) is 5.76. The summed E-state index contributed by atoms with van der Waals surface area (Å²) < 4.78 is 13.2. The van der Waals surface area contributed by atoms with E-state index in [1.807, 2.05) is 59.5 Å². The van der Waals surface area contributed by atoms with Crippen molar-refractivity contribution in [3.05, 3.63) is 101 Å². The lowest BCUT2D eigenvalue weighted by Gasteiger charge is -2.39. The fraction of sp³-hybridized carbons (Fsp3) is 0.269. The third kappa shape index (κ3) is 4.77. The van der Waals surface area contributed by atoms with Crippen LogP contribution in [0.25, 0.3) is 0 Å². The van der Waals surface area contributed by atoms with Crippen LogP contribution in [0.4, 0.5) is 10.1 Å². The Morgan fingerprint density at radius 3 is 2.33 bits per heavy atom. The SMILES string of the molecule is Cc1cccc(N(C(=O)c2ccccc2)C2CCN(Cc3ccc(F)cc3)CC2)c1. The summed E-state index contributed by atoms with van der Waals surface area (Å²) in [5.74, 6) is -0.149. The minimum absolute atomic E-state index is 0.0539. The van der Waals surface area contributed by atoms with Crippen LogP contribution in [-0.2, 0) is 6.54 Å². The number of hydrogen-bond donors (Lipinski definition) is 0. The fourth-order valence-corrected chi connectivity index (χ4v) is 4.18. The van der Waals surface area contributed by atoms with Crippen LogP contribution in [0.3, 0.4) is 0 Å². The molecule has 3 aromatic rings. The minimum Gasteiger partial charge on any atom is -0.305 e. The molecule has 154 valence electrons. The van der Waals surface area contributed by atoms with Crippen LogP contribution in [0.1, 0.15) is 34.3 Å². The highest BCUT2D eigenvalue weighted by Gasteiger charge is 2.30. The zero-order valence-corrected chi connectivity index (χ0v) is 17.3. The Morgan fingerprint density at radius 2 is 1.67 bits per heavy atom. The van der Waals surface area contributed by atoms with Crippen molar-refractivity contribution in [1.82, 2.24) is 4.90 Å². The van der Waals surface area contributed by atoms with Gasteiger partial charge in [0.15, 0.2) is 0 Å². The molecule has 4 rings (SSSR count). The average molecular weight is 403 g/mol. The summed E-state index contributed by atoms with van der Waals surface area (Å²) in [5.41, 5.74) is 3.94. The van der Waals surface area contributed by atoms with E-state index in [9.17, 15) is 9.18 Å². The average Bonchev–Trinajstić information content (AvgIpc) is 2.77. The molecule has 1 heterocycles. The highest BCUT2D eigenvalue weighted by atomic mass is 19.1. The number of carbonyl (C=O) groups excluding carboxylic acids is 1. The molecule has 1 aliphatic rings. The lowest BCUT2D eigenvalue weighted by molar-refractivity contribution is 0.0958. The molecule has 0 aliphatic carbocycles. The first-order chi connectivity index (χ1) is 14.6. The predicted octanol–water partition coefficient (Wildman–Crippen LogP) is 5.45. The number of carbonyl (C=O) groups is 1. The van der Waals surface area contributed by atoms with Gasteiger partial charge in [0, 0.05) is 36.9 Å². The van der Waals surface area contributed by atoms with Crippen LogP contribution in [0.15, 0.2) is 78.9 Å². The second kappa shape index (κ2) is 9.23. The Labute approximate surface area is 177 Å². The Kier molecular flexibility index (Phi) is 6.24. The van der Waals surface area contributed by atoms with Gasteiger partial charge in [0.2, 0.25) is 0 Å². The minimum atomic E-state index is -0.203. The van der Waals surface area contributed by atoms with Gasteiger partial charge in [-0.05, 0) is 67.3 Å². The van der Waals surface area contributed by atoms with Gasteiger partial charge in [0.1, 0.15) is 5.82 Å². The number of rotatable bonds is 5. The molecule has 0 atom stereocenters. The summed E-state index contributed by atoms with van der Waals surface area (Å²) in [6, 6.07) is 24.6. The van der Waals surface area contributed by atoms with E-state index < -0.39 is 0 Å². The Bertz CT molecular complexity index is 979. The Morgan fingerprint density at radius 1 is 0.967 bits per heavy atom. The molecule has 0 radical (unpaired) electrons. The lowest BCUT2D eigenvalue weighted by atomic mass is 9.99. The van der Waals surface area contributed by atoms with Gasteiger partial charge >= 0.3 is 0 Å². The number of likely N-dealkylation sites (tertiary alicyclic amines) is 1. The van der Waals surface area contributed by atoms with Gasteiger partial charge in [0.25, 0.3) is 5.91 Å². The monoisotopic (exact) mass is 402 g/mol. The van der Waals surface area contributed by atoms with Crippen LogP contribution in [0.2, 0.25) is 0 Å². The molecule has 0 bridgehead atoms. The van der Waals surface area contributed by atoms with E-state index in [-0.39, 0.29) is 17.8 Å². The van der Waals surface area contributed by atoms with Gasteiger partial charge in [-0.25, -0.2) is 4.39 Å². The van der Waals surface area contributed by atoms with E-state index in [1.165, 1.54) is 12.1 Å². The zero-order valence-electron chi connectivity index (χ0n) is 17.3. The van der Waals surface area contributed by atoms with Gasteiger partial charge in [-0.3, -0.25) is 9.69 Å². The van der Waals surface area contributed by atoms with E-state index in [2.05, 4.69) is 24.0 Å². The molecule has 1 amide bonds. The zero-order chi connectivity index (χ0) is 20.9. The first-order valence-electron chi connectivity index (χ1n) is 10.5. The number of piperidine rings is 1. The topological polar surface area (TPSA) is 23.6 Å². The second-order valence-corrected chi connectivity index (χ2v) is 8.01. The molecule has 30 heavy (non-hydrogen) atoms. The van der Waals surface area contributed by atoms with Crippen molar-refractivity contribution in [2.75, 3.05) is 18.0 Å². The summed E-state index contributed by atoms with van der Waals surface area (Å²) in [7, 11) is 0. The fourth-order valence-electron chi connectivity index (χ4n) is 4.18. The number of nitrogens with zero attached hydrogens (tertiary/aromatic N) is 2. The molecule has 1 aliphatic heterocycles. The van der Waals surface area contributed by atoms with Crippen molar-refractivity contribution in [1.29, 1.82) is 0 Å². The molecule has 0 saturated carbocycles. The van der Waals surface area contributed by atoms with Crippen molar-refractivity contribution in [3.8, 4) is 0 Å². The lowest BCUT2D eigenvalue weighted by Crippen LogP contribution is -2.47. The van der Waals surface area contributed by atoms with Crippen molar-refractivity contribution >= 4 is 11.6 Å². The van der Waals surface area contributed by atoms with Gasteiger partial charge in [0.05, 0.1) is 0 Å². The van der Waals surface area contributed by atoms with Crippen molar-refractivity contribution in [3.63, 3.8) is 0 Å². The molecular weight excluding hydrogens is 375 g/mol. The number of amides is 1. The number of halogens is 1. The summed E-state index contributed by atoms with van der Waals surface area (Å²) in [6.45, 7) is 4.68.